The van der Waals surface area contributed by atoms with E-state index in [2.05, 4.69) is 21.1 Å². The highest BCUT2D eigenvalue weighted by atomic mass is 79.9. The van der Waals surface area contributed by atoms with Crippen LogP contribution >= 0.6 is 15.9 Å². The van der Waals surface area contributed by atoms with Crippen molar-refractivity contribution in [2.45, 2.75) is 31.6 Å². The molecule has 0 N–H and O–H groups in total. The van der Waals surface area contributed by atoms with Crippen LogP contribution in [-0.2, 0) is 10.0 Å². The SMILES string of the molecule is Cc1noc(C(C)C)c1C(=O)N1CCN(S(=O)(=O)c2cccc(Br)c2)CC1. The number of sulfonamides is 1. The third-order valence-corrected chi connectivity index (χ3v) is 6.97. The van der Waals surface area contributed by atoms with E-state index in [0.717, 1.165) is 0 Å². The molecule has 0 bridgehead atoms. The van der Waals surface area contributed by atoms with E-state index in [9.17, 15) is 13.2 Å². The van der Waals surface area contributed by atoms with E-state index < -0.39 is 10.0 Å². The average molecular weight is 456 g/mol. The summed E-state index contributed by atoms with van der Waals surface area (Å²) < 4.78 is 33.1. The van der Waals surface area contributed by atoms with Crippen LogP contribution in [0, 0.1) is 6.92 Å². The second-order valence-corrected chi connectivity index (χ2v) is 9.67. The first-order valence-corrected chi connectivity index (χ1v) is 11.0. The molecule has 2 aromatic rings. The number of hydrogen-bond donors (Lipinski definition) is 0. The summed E-state index contributed by atoms with van der Waals surface area (Å²) in [7, 11) is -3.58. The second kappa shape index (κ2) is 7.73. The van der Waals surface area contributed by atoms with Gasteiger partial charge in [-0.05, 0) is 25.1 Å². The Kier molecular flexibility index (Phi) is 5.73. The summed E-state index contributed by atoms with van der Waals surface area (Å²) in [5, 5.41) is 3.92. The standard InChI is InChI=1S/C18H22BrN3O4S/c1-12(2)17-16(13(3)20-26-17)18(23)21-7-9-22(10-8-21)27(24,25)15-6-4-5-14(19)11-15/h4-6,11-12H,7-10H2,1-3H3. The van der Waals surface area contributed by atoms with Crippen LogP contribution in [0.4, 0.5) is 0 Å². The summed E-state index contributed by atoms with van der Waals surface area (Å²) in [6.07, 6.45) is 0. The number of carbonyl (C=O) groups is 1. The molecule has 27 heavy (non-hydrogen) atoms. The summed E-state index contributed by atoms with van der Waals surface area (Å²) in [5.41, 5.74) is 1.06. The van der Waals surface area contributed by atoms with Crippen molar-refractivity contribution >= 4 is 31.9 Å². The van der Waals surface area contributed by atoms with Gasteiger partial charge in [0.15, 0.2) is 5.76 Å². The molecule has 0 aliphatic carbocycles. The predicted molar refractivity (Wildman–Crippen MR) is 104 cm³/mol. The van der Waals surface area contributed by atoms with Crippen LogP contribution in [0.15, 0.2) is 38.2 Å². The van der Waals surface area contributed by atoms with E-state index in [4.69, 9.17) is 4.52 Å². The molecule has 1 amide bonds. The molecule has 3 rings (SSSR count). The molecule has 1 aliphatic heterocycles. The molecular weight excluding hydrogens is 434 g/mol. The molecule has 1 aromatic heterocycles. The van der Waals surface area contributed by atoms with Gasteiger partial charge in [0.1, 0.15) is 5.56 Å². The number of nitrogens with zero attached hydrogens (tertiary/aromatic N) is 3. The topological polar surface area (TPSA) is 83.7 Å². The molecular formula is C18H22BrN3O4S. The van der Waals surface area contributed by atoms with Gasteiger partial charge >= 0.3 is 0 Å². The van der Waals surface area contributed by atoms with Crippen molar-refractivity contribution in [3.63, 3.8) is 0 Å². The molecule has 0 spiro atoms. The number of amides is 1. The fourth-order valence-corrected chi connectivity index (χ4v) is 5.13. The minimum absolute atomic E-state index is 0.0448. The van der Waals surface area contributed by atoms with Gasteiger partial charge < -0.3 is 9.42 Å². The lowest BCUT2D eigenvalue weighted by molar-refractivity contribution is 0.0694. The highest BCUT2D eigenvalue weighted by molar-refractivity contribution is 9.10. The third kappa shape index (κ3) is 3.95. The van der Waals surface area contributed by atoms with Crippen LogP contribution in [0.3, 0.4) is 0 Å². The fourth-order valence-electron chi connectivity index (χ4n) is 3.11. The largest absolute Gasteiger partial charge is 0.360 e. The van der Waals surface area contributed by atoms with Crippen molar-refractivity contribution in [2.24, 2.45) is 0 Å². The minimum Gasteiger partial charge on any atom is -0.360 e. The van der Waals surface area contributed by atoms with Gasteiger partial charge in [-0.25, -0.2) is 8.42 Å². The fraction of sp³-hybridized carbons (Fsp3) is 0.444. The molecule has 0 unspecified atom stereocenters. The van der Waals surface area contributed by atoms with Gasteiger partial charge in [-0.15, -0.1) is 0 Å². The number of carbonyl (C=O) groups excluding carboxylic acids is 1. The maximum atomic E-state index is 12.9. The first-order chi connectivity index (χ1) is 12.7. The normalized spacial score (nSPS) is 16.1. The molecule has 0 radical (unpaired) electrons. The summed E-state index contributed by atoms with van der Waals surface area (Å²) in [4.78, 5) is 14.8. The van der Waals surface area contributed by atoms with Gasteiger partial charge in [0.25, 0.3) is 5.91 Å². The highest BCUT2D eigenvalue weighted by Crippen LogP contribution is 2.25. The van der Waals surface area contributed by atoms with Gasteiger partial charge in [0.05, 0.1) is 10.6 Å². The van der Waals surface area contributed by atoms with Crippen molar-refractivity contribution in [1.29, 1.82) is 0 Å². The Morgan fingerprint density at radius 1 is 1.22 bits per heavy atom. The lowest BCUT2D eigenvalue weighted by Gasteiger charge is -2.34. The second-order valence-electron chi connectivity index (χ2n) is 6.82. The van der Waals surface area contributed by atoms with Crippen molar-refractivity contribution in [3.8, 4) is 0 Å². The summed E-state index contributed by atoms with van der Waals surface area (Å²) in [5.74, 6) is 0.460. The summed E-state index contributed by atoms with van der Waals surface area (Å²) >= 11 is 3.30. The molecule has 2 heterocycles. The Labute approximate surface area is 167 Å². The molecule has 1 aliphatic rings. The van der Waals surface area contributed by atoms with Crippen LogP contribution in [0.5, 0.6) is 0 Å². The number of benzene rings is 1. The van der Waals surface area contributed by atoms with Crippen molar-refractivity contribution in [3.05, 3.63) is 45.8 Å². The molecule has 0 saturated carbocycles. The van der Waals surface area contributed by atoms with E-state index in [1.165, 1.54) is 4.31 Å². The van der Waals surface area contributed by atoms with E-state index in [0.29, 0.717) is 34.6 Å². The molecule has 9 heteroatoms. The van der Waals surface area contributed by atoms with E-state index in [1.807, 2.05) is 13.8 Å². The highest BCUT2D eigenvalue weighted by Gasteiger charge is 2.33. The van der Waals surface area contributed by atoms with E-state index in [-0.39, 0.29) is 29.8 Å². The molecule has 1 aromatic carbocycles. The lowest BCUT2D eigenvalue weighted by Crippen LogP contribution is -2.50. The third-order valence-electron chi connectivity index (χ3n) is 4.59. The molecule has 1 fully saturated rings. The quantitative estimate of drug-likeness (QED) is 0.707. The maximum absolute atomic E-state index is 12.9. The molecule has 0 atom stereocenters. The Morgan fingerprint density at radius 2 is 1.89 bits per heavy atom. The summed E-state index contributed by atoms with van der Waals surface area (Å²) in [6, 6.07) is 6.64. The van der Waals surface area contributed by atoms with Gasteiger partial charge in [-0.2, -0.15) is 4.31 Å². The zero-order valence-electron chi connectivity index (χ0n) is 15.5. The monoisotopic (exact) mass is 455 g/mol. The van der Waals surface area contributed by atoms with Crippen LogP contribution in [0.25, 0.3) is 0 Å². The van der Waals surface area contributed by atoms with Crippen molar-refractivity contribution in [2.75, 3.05) is 26.2 Å². The number of aryl methyl sites for hydroxylation is 1. The Balaban J connectivity index is 1.74. The predicted octanol–water partition coefficient (Wildman–Crippen LogP) is 3.02. The number of rotatable bonds is 4. The number of piperazine rings is 1. The van der Waals surface area contributed by atoms with Crippen LogP contribution in [-0.4, -0.2) is 54.9 Å². The van der Waals surface area contributed by atoms with Crippen molar-refractivity contribution in [1.82, 2.24) is 14.4 Å². The Bertz CT molecular complexity index is 947. The van der Waals surface area contributed by atoms with Crippen LogP contribution < -0.4 is 0 Å². The minimum atomic E-state index is -3.58. The zero-order valence-corrected chi connectivity index (χ0v) is 17.9. The summed E-state index contributed by atoms with van der Waals surface area (Å²) in [6.45, 7) is 6.79. The van der Waals surface area contributed by atoms with Crippen molar-refractivity contribution < 1.29 is 17.7 Å². The van der Waals surface area contributed by atoms with Crippen LogP contribution in [0.2, 0.25) is 0 Å². The zero-order chi connectivity index (χ0) is 19.8. The Hall–Kier alpha value is -1.71. The van der Waals surface area contributed by atoms with Gasteiger partial charge in [0.2, 0.25) is 10.0 Å². The average Bonchev–Trinajstić information content (AvgIpc) is 3.03. The molecule has 7 nitrogen and oxygen atoms in total. The van der Waals surface area contributed by atoms with Gasteiger partial charge in [0, 0.05) is 36.6 Å². The van der Waals surface area contributed by atoms with E-state index in [1.54, 1.807) is 36.1 Å². The number of halogens is 1. The number of hydrogen-bond acceptors (Lipinski definition) is 5. The molecule has 1 saturated heterocycles. The van der Waals surface area contributed by atoms with Gasteiger partial charge in [-0.3, -0.25) is 4.79 Å². The smallest absolute Gasteiger partial charge is 0.259 e. The van der Waals surface area contributed by atoms with Crippen LogP contribution in [0.1, 0.15) is 41.6 Å². The first kappa shape index (κ1) is 20.0. The van der Waals surface area contributed by atoms with Gasteiger partial charge in [-0.1, -0.05) is 41.0 Å². The number of aromatic nitrogens is 1. The lowest BCUT2D eigenvalue weighted by atomic mass is 10.0. The Morgan fingerprint density at radius 3 is 2.48 bits per heavy atom. The van der Waals surface area contributed by atoms with E-state index >= 15 is 0 Å². The maximum Gasteiger partial charge on any atom is 0.259 e. The first-order valence-electron chi connectivity index (χ1n) is 8.73. The molecule has 146 valence electrons.